The molecule has 0 radical (unpaired) electrons. The van der Waals surface area contributed by atoms with Gasteiger partial charge in [0, 0.05) is 5.41 Å². The van der Waals surface area contributed by atoms with Gasteiger partial charge in [-0.15, -0.1) is 0 Å². The summed E-state index contributed by atoms with van der Waals surface area (Å²) < 4.78 is 11.4. The first-order valence-corrected chi connectivity index (χ1v) is 5.35. The van der Waals surface area contributed by atoms with Gasteiger partial charge in [-0.25, -0.2) is 0 Å². The molecule has 0 bridgehead atoms. The minimum Gasteiger partial charge on any atom is -0.350 e. The molecular formula is C13H18O2. The van der Waals surface area contributed by atoms with Crippen molar-refractivity contribution in [2.45, 2.75) is 32.0 Å². The molecule has 0 atom stereocenters. The molecule has 15 heavy (non-hydrogen) atoms. The SMILES string of the molecule is CC1(C)OCC(C)(c2ccccc2)CO1. The molecule has 0 N–H and O–H groups in total. The Hall–Kier alpha value is -0.860. The fourth-order valence-electron chi connectivity index (χ4n) is 1.76. The van der Waals surface area contributed by atoms with Gasteiger partial charge < -0.3 is 9.47 Å². The van der Waals surface area contributed by atoms with E-state index in [0.29, 0.717) is 13.2 Å². The van der Waals surface area contributed by atoms with Crippen molar-refractivity contribution in [3.8, 4) is 0 Å². The first-order chi connectivity index (χ1) is 7.02. The molecule has 1 aromatic rings. The van der Waals surface area contributed by atoms with E-state index in [-0.39, 0.29) is 5.41 Å². The molecule has 0 unspecified atom stereocenters. The number of hydrogen-bond donors (Lipinski definition) is 0. The van der Waals surface area contributed by atoms with Crippen LogP contribution >= 0.6 is 0 Å². The van der Waals surface area contributed by atoms with Crippen molar-refractivity contribution in [2.24, 2.45) is 0 Å². The quantitative estimate of drug-likeness (QED) is 0.703. The molecule has 1 saturated heterocycles. The second-order valence-corrected chi connectivity index (χ2v) is 4.90. The van der Waals surface area contributed by atoms with E-state index in [2.05, 4.69) is 31.2 Å². The molecule has 1 aromatic carbocycles. The Morgan fingerprint density at radius 2 is 1.47 bits per heavy atom. The summed E-state index contributed by atoms with van der Waals surface area (Å²) in [7, 11) is 0. The van der Waals surface area contributed by atoms with E-state index in [4.69, 9.17) is 9.47 Å². The zero-order valence-electron chi connectivity index (χ0n) is 9.62. The second kappa shape index (κ2) is 3.62. The zero-order valence-corrected chi connectivity index (χ0v) is 9.62. The average molecular weight is 206 g/mol. The Bertz CT molecular complexity index is 320. The normalized spacial score (nSPS) is 23.7. The van der Waals surface area contributed by atoms with Gasteiger partial charge in [-0.2, -0.15) is 0 Å². The van der Waals surface area contributed by atoms with Crippen LogP contribution in [0.1, 0.15) is 26.3 Å². The van der Waals surface area contributed by atoms with Crippen molar-refractivity contribution in [1.82, 2.24) is 0 Å². The summed E-state index contributed by atoms with van der Waals surface area (Å²) in [5.41, 5.74) is 1.26. The van der Waals surface area contributed by atoms with Crippen LogP contribution in [0.25, 0.3) is 0 Å². The molecule has 2 heteroatoms. The van der Waals surface area contributed by atoms with Crippen molar-refractivity contribution in [3.05, 3.63) is 35.9 Å². The van der Waals surface area contributed by atoms with E-state index in [9.17, 15) is 0 Å². The van der Waals surface area contributed by atoms with Crippen LogP contribution in [-0.2, 0) is 14.9 Å². The minimum absolute atomic E-state index is 0.0171. The van der Waals surface area contributed by atoms with Gasteiger partial charge in [0.05, 0.1) is 13.2 Å². The molecule has 1 aliphatic heterocycles. The lowest BCUT2D eigenvalue weighted by Gasteiger charge is -2.41. The van der Waals surface area contributed by atoms with Gasteiger partial charge in [0.2, 0.25) is 0 Å². The van der Waals surface area contributed by atoms with Crippen LogP contribution in [0.5, 0.6) is 0 Å². The van der Waals surface area contributed by atoms with Gasteiger partial charge in [0.25, 0.3) is 0 Å². The second-order valence-electron chi connectivity index (χ2n) is 4.90. The molecule has 0 spiro atoms. The van der Waals surface area contributed by atoms with Crippen LogP contribution in [-0.4, -0.2) is 19.0 Å². The van der Waals surface area contributed by atoms with Crippen molar-refractivity contribution < 1.29 is 9.47 Å². The molecule has 1 aliphatic rings. The van der Waals surface area contributed by atoms with Gasteiger partial charge in [-0.1, -0.05) is 37.3 Å². The van der Waals surface area contributed by atoms with E-state index >= 15 is 0 Å². The first-order valence-electron chi connectivity index (χ1n) is 5.35. The number of rotatable bonds is 1. The third-order valence-corrected chi connectivity index (χ3v) is 2.95. The Balaban J connectivity index is 2.17. The highest BCUT2D eigenvalue weighted by molar-refractivity contribution is 5.25. The molecule has 0 saturated carbocycles. The predicted octanol–water partition coefficient (Wildman–Crippen LogP) is 2.73. The smallest absolute Gasteiger partial charge is 0.162 e. The van der Waals surface area contributed by atoms with Crippen molar-refractivity contribution >= 4 is 0 Å². The van der Waals surface area contributed by atoms with Crippen LogP contribution in [0.3, 0.4) is 0 Å². The monoisotopic (exact) mass is 206 g/mol. The summed E-state index contributed by atoms with van der Waals surface area (Å²) in [6.45, 7) is 7.51. The molecule has 0 aromatic heterocycles. The van der Waals surface area contributed by atoms with E-state index in [1.54, 1.807) is 0 Å². The highest BCUT2D eigenvalue weighted by Crippen LogP contribution is 2.32. The van der Waals surface area contributed by atoms with Crippen molar-refractivity contribution in [1.29, 1.82) is 0 Å². The summed E-state index contributed by atoms with van der Waals surface area (Å²) in [4.78, 5) is 0. The maximum Gasteiger partial charge on any atom is 0.162 e. The van der Waals surface area contributed by atoms with Crippen molar-refractivity contribution in [3.63, 3.8) is 0 Å². The van der Waals surface area contributed by atoms with Gasteiger partial charge in [-0.3, -0.25) is 0 Å². The molecule has 2 rings (SSSR count). The van der Waals surface area contributed by atoms with E-state index in [1.165, 1.54) is 5.56 Å². The fraction of sp³-hybridized carbons (Fsp3) is 0.538. The lowest BCUT2D eigenvalue weighted by molar-refractivity contribution is -0.267. The number of benzene rings is 1. The maximum absolute atomic E-state index is 5.71. The van der Waals surface area contributed by atoms with Gasteiger partial charge in [0.15, 0.2) is 5.79 Å². The zero-order chi connectivity index (χ0) is 10.9. The van der Waals surface area contributed by atoms with Crippen molar-refractivity contribution in [2.75, 3.05) is 13.2 Å². The van der Waals surface area contributed by atoms with Gasteiger partial charge in [0.1, 0.15) is 0 Å². The van der Waals surface area contributed by atoms with Crippen LogP contribution < -0.4 is 0 Å². The van der Waals surface area contributed by atoms with E-state index < -0.39 is 5.79 Å². The van der Waals surface area contributed by atoms with E-state index in [1.807, 2.05) is 19.9 Å². The topological polar surface area (TPSA) is 18.5 Å². The van der Waals surface area contributed by atoms with Crippen LogP contribution in [0.4, 0.5) is 0 Å². The number of hydrogen-bond acceptors (Lipinski definition) is 2. The third-order valence-electron chi connectivity index (χ3n) is 2.95. The predicted molar refractivity (Wildman–Crippen MR) is 59.8 cm³/mol. The molecule has 1 heterocycles. The highest BCUT2D eigenvalue weighted by atomic mass is 16.7. The lowest BCUT2D eigenvalue weighted by Crippen LogP contribution is -2.47. The Morgan fingerprint density at radius 3 is 2.00 bits per heavy atom. The summed E-state index contributed by atoms with van der Waals surface area (Å²) in [6.07, 6.45) is 0. The molecule has 0 amide bonds. The summed E-state index contributed by atoms with van der Waals surface area (Å²) >= 11 is 0. The Labute approximate surface area is 91.2 Å². The fourth-order valence-corrected chi connectivity index (χ4v) is 1.76. The van der Waals surface area contributed by atoms with Crippen LogP contribution in [0.2, 0.25) is 0 Å². The Morgan fingerprint density at radius 1 is 0.933 bits per heavy atom. The molecule has 0 aliphatic carbocycles. The molecule has 1 fully saturated rings. The van der Waals surface area contributed by atoms with Gasteiger partial charge >= 0.3 is 0 Å². The largest absolute Gasteiger partial charge is 0.350 e. The lowest BCUT2D eigenvalue weighted by atomic mass is 9.83. The van der Waals surface area contributed by atoms with Crippen LogP contribution in [0.15, 0.2) is 30.3 Å². The summed E-state index contributed by atoms with van der Waals surface area (Å²) in [5, 5.41) is 0. The third kappa shape index (κ3) is 2.21. The molecule has 2 nitrogen and oxygen atoms in total. The van der Waals surface area contributed by atoms with Gasteiger partial charge in [-0.05, 0) is 19.4 Å². The summed E-state index contributed by atoms with van der Waals surface area (Å²) in [5.74, 6) is -0.436. The first kappa shape index (κ1) is 10.7. The van der Waals surface area contributed by atoms with Crippen LogP contribution in [0, 0.1) is 0 Å². The average Bonchev–Trinajstić information content (AvgIpc) is 2.24. The Kier molecular flexibility index (Phi) is 2.57. The minimum atomic E-state index is -0.436. The van der Waals surface area contributed by atoms with E-state index in [0.717, 1.165) is 0 Å². The molecular weight excluding hydrogens is 188 g/mol. The molecule has 82 valence electrons. The maximum atomic E-state index is 5.71. The summed E-state index contributed by atoms with van der Waals surface area (Å²) in [6, 6.07) is 10.4. The standard InChI is InChI=1S/C13H18O2/c1-12(2)14-9-13(3,10-15-12)11-7-5-4-6-8-11/h4-8H,9-10H2,1-3H3. The number of ether oxygens (including phenoxy) is 2. The highest BCUT2D eigenvalue weighted by Gasteiger charge is 2.37.